The van der Waals surface area contributed by atoms with E-state index in [4.69, 9.17) is 4.42 Å². The number of pyridine rings is 1. The molecule has 0 saturated heterocycles. The third-order valence-electron chi connectivity index (χ3n) is 5.25. The van der Waals surface area contributed by atoms with Gasteiger partial charge in [-0.1, -0.05) is 12.1 Å². The van der Waals surface area contributed by atoms with Gasteiger partial charge in [0.2, 0.25) is 5.56 Å². The molecule has 29 heavy (non-hydrogen) atoms. The van der Waals surface area contributed by atoms with E-state index in [0.717, 1.165) is 28.9 Å². The summed E-state index contributed by atoms with van der Waals surface area (Å²) in [5.74, 6) is 4.61. The number of rotatable bonds is 4. The molecule has 6 nitrogen and oxygen atoms in total. The number of nitrogens with zero attached hydrogens (tertiary/aromatic N) is 3. The van der Waals surface area contributed by atoms with Gasteiger partial charge < -0.3 is 8.98 Å². The van der Waals surface area contributed by atoms with Crippen molar-refractivity contribution in [3.8, 4) is 22.6 Å². The van der Waals surface area contributed by atoms with Gasteiger partial charge in [0, 0.05) is 46.6 Å². The van der Waals surface area contributed by atoms with Gasteiger partial charge >= 0.3 is 0 Å². The van der Waals surface area contributed by atoms with Gasteiger partial charge in [-0.05, 0) is 46.4 Å². The van der Waals surface area contributed by atoms with Gasteiger partial charge in [-0.3, -0.25) is 9.00 Å². The summed E-state index contributed by atoms with van der Waals surface area (Å²) in [6, 6.07) is 12.6. The third kappa shape index (κ3) is 3.07. The average molecular weight is 405 g/mol. The number of fused-ring (bicyclic) bond motifs is 1. The van der Waals surface area contributed by atoms with Crippen molar-refractivity contribution < 1.29 is 8.63 Å². The van der Waals surface area contributed by atoms with Crippen LogP contribution in [-0.2, 0) is 16.6 Å². The predicted octanol–water partition coefficient (Wildman–Crippen LogP) is 3.49. The van der Waals surface area contributed by atoms with Crippen molar-refractivity contribution in [1.29, 1.82) is 0 Å². The van der Waals surface area contributed by atoms with E-state index in [2.05, 4.69) is 15.8 Å². The fraction of sp³-hybridized carbons (Fsp3) is 0.182. The van der Waals surface area contributed by atoms with E-state index in [9.17, 15) is 9.00 Å². The Balaban J connectivity index is 1.64. The highest BCUT2D eigenvalue weighted by atomic mass is 32.2. The molecule has 0 radical (unpaired) electrons. The quantitative estimate of drug-likeness (QED) is 0.486. The molecule has 3 heterocycles. The van der Waals surface area contributed by atoms with Gasteiger partial charge in [0.05, 0.1) is 0 Å². The van der Waals surface area contributed by atoms with Crippen molar-refractivity contribution in [2.75, 3.05) is 0 Å². The minimum atomic E-state index is -2.30. The highest BCUT2D eigenvalue weighted by molar-refractivity contribution is 8.01. The molecule has 1 atom stereocenters. The smallest absolute Gasteiger partial charge is 0.250 e. The number of aryl methyl sites for hydroxylation is 1. The van der Waals surface area contributed by atoms with Crippen LogP contribution in [0.4, 0.5) is 0 Å². The van der Waals surface area contributed by atoms with Crippen LogP contribution in [0.5, 0.6) is 0 Å². The van der Waals surface area contributed by atoms with E-state index >= 15 is 0 Å². The summed E-state index contributed by atoms with van der Waals surface area (Å²) in [5, 5.41) is 0.170. The molecule has 0 aliphatic heterocycles. The molecule has 3 aromatic heterocycles. The third-order valence-corrected chi connectivity index (χ3v) is 7.85. The second kappa shape index (κ2) is 6.42. The van der Waals surface area contributed by atoms with Gasteiger partial charge in [-0.15, -0.1) is 0 Å². The Hall–Kier alpha value is -3.19. The lowest BCUT2D eigenvalue weighted by Crippen LogP contribution is -2.13. The van der Waals surface area contributed by atoms with Crippen LogP contribution in [0, 0.1) is 0 Å². The highest BCUT2D eigenvalue weighted by Crippen LogP contribution is 2.36. The molecule has 1 fully saturated rings. The van der Waals surface area contributed by atoms with Crippen LogP contribution in [0.2, 0.25) is 0 Å². The van der Waals surface area contributed by atoms with Gasteiger partial charge in [-0.25, -0.2) is 9.97 Å². The van der Waals surface area contributed by atoms with E-state index in [1.807, 2.05) is 30.3 Å². The summed E-state index contributed by atoms with van der Waals surface area (Å²) >= 11 is 0. The van der Waals surface area contributed by atoms with Crippen molar-refractivity contribution in [2.45, 2.75) is 23.0 Å². The fourth-order valence-corrected chi connectivity index (χ4v) is 5.36. The van der Waals surface area contributed by atoms with E-state index < -0.39 is 9.52 Å². The van der Waals surface area contributed by atoms with E-state index in [1.165, 1.54) is 17.0 Å². The Bertz CT molecular complexity index is 1410. The zero-order valence-electron chi connectivity index (χ0n) is 15.9. The first-order chi connectivity index (χ1) is 13.9. The topological polar surface area (TPSA) is 78.0 Å². The summed E-state index contributed by atoms with van der Waals surface area (Å²) in [5.41, 5.74) is 3.36. The van der Waals surface area contributed by atoms with Crippen LogP contribution >= 0.6 is 0 Å². The van der Waals surface area contributed by atoms with Gasteiger partial charge in [-0.2, -0.15) is 0 Å². The molecule has 1 aliphatic carbocycles. The Morgan fingerprint density at radius 3 is 2.72 bits per heavy atom. The highest BCUT2D eigenvalue weighted by Gasteiger charge is 2.32. The van der Waals surface area contributed by atoms with Gasteiger partial charge in [0.1, 0.15) is 23.3 Å². The van der Waals surface area contributed by atoms with Crippen LogP contribution in [0.1, 0.15) is 12.8 Å². The monoisotopic (exact) mass is 405 g/mol. The SMILES string of the molecule is C=S(=O)(c1cccc(-c2ncnc3cc(-c4ccc(=O)n(C)c4)oc23)c1)C1CC1. The molecule has 1 saturated carbocycles. The first-order valence-corrected chi connectivity index (χ1v) is 11.1. The Morgan fingerprint density at radius 2 is 1.97 bits per heavy atom. The van der Waals surface area contributed by atoms with Crippen molar-refractivity contribution in [3.05, 3.63) is 65.3 Å². The van der Waals surface area contributed by atoms with Crippen molar-refractivity contribution in [2.24, 2.45) is 7.05 Å². The van der Waals surface area contributed by atoms with Crippen LogP contribution in [0.15, 0.2) is 69.1 Å². The minimum Gasteiger partial charge on any atom is -0.452 e. The predicted molar refractivity (Wildman–Crippen MR) is 114 cm³/mol. The maximum absolute atomic E-state index is 13.1. The number of hydrogen-bond donors (Lipinski definition) is 0. The van der Waals surface area contributed by atoms with Crippen LogP contribution in [0.3, 0.4) is 0 Å². The van der Waals surface area contributed by atoms with Crippen LogP contribution in [0.25, 0.3) is 33.7 Å². The molecule has 146 valence electrons. The van der Waals surface area contributed by atoms with Gasteiger partial charge in [0.15, 0.2) is 5.58 Å². The van der Waals surface area contributed by atoms with Crippen molar-refractivity contribution >= 4 is 26.5 Å². The second-order valence-electron chi connectivity index (χ2n) is 7.37. The molecule has 0 spiro atoms. The molecule has 0 N–H and O–H groups in total. The molecule has 4 aromatic rings. The normalized spacial score (nSPS) is 16.0. The molecular weight excluding hydrogens is 386 g/mol. The summed E-state index contributed by atoms with van der Waals surface area (Å²) in [4.78, 5) is 21.2. The average Bonchev–Trinajstić information content (AvgIpc) is 3.49. The standard InChI is InChI=1S/C22H19N3O3S/c1-25-12-15(6-9-20(25)26)19-11-18-22(28-19)21(24-13-23-18)14-4-3-5-17(10-14)29(2,27)16-7-8-16/h3-6,9-13,16H,2,7-8H2,1H3. The minimum absolute atomic E-state index is 0.0883. The molecule has 7 heteroatoms. The summed E-state index contributed by atoms with van der Waals surface area (Å²) in [7, 11) is -0.607. The molecular formula is C22H19N3O3S. The molecule has 5 rings (SSSR count). The molecule has 1 aromatic carbocycles. The lowest BCUT2D eigenvalue weighted by Gasteiger charge is -2.10. The van der Waals surface area contributed by atoms with Crippen molar-refractivity contribution in [3.63, 3.8) is 0 Å². The number of aromatic nitrogens is 3. The van der Waals surface area contributed by atoms with Gasteiger partial charge in [0.25, 0.3) is 0 Å². The lowest BCUT2D eigenvalue weighted by atomic mass is 10.1. The van der Waals surface area contributed by atoms with E-state index in [1.54, 1.807) is 19.3 Å². The fourth-order valence-electron chi connectivity index (χ4n) is 3.44. The van der Waals surface area contributed by atoms with E-state index in [-0.39, 0.29) is 10.8 Å². The second-order valence-corrected chi connectivity index (χ2v) is 9.96. The zero-order valence-corrected chi connectivity index (χ0v) is 16.7. The maximum atomic E-state index is 13.1. The number of hydrogen-bond acceptors (Lipinski definition) is 5. The number of furan rings is 1. The van der Waals surface area contributed by atoms with E-state index in [0.29, 0.717) is 22.6 Å². The summed E-state index contributed by atoms with van der Waals surface area (Å²) in [6.45, 7) is 0. The Labute approximate surface area is 167 Å². The first kappa shape index (κ1) is 17.9. The summed E-state index contributed by atoms with van der Waals surface area (Å²) < 4.78 is 20.6. The molecule has 0 amide bonds. The lowest BCUT2D eigenvalue weighted by molar-refractivity contribution is 0.629. The van der Waals surface area contributed by atoms with Crippen molar-refractivity contribution in [1.82, 2.24) is 14.5 Å². The maximum Gasteiger partial charge on any atom is 0.250 e. The molecule has 1 unspecified atom stereocenters. The molecule has 1 aliphatic rings. The largest absolute Gasteiger partial charge is 0.452 e. The van der Waals surface area contributed by atoms with Crippen LogP contribution in [-0.4, -0.2) is 29.9 Å². The summed E-state index contributed by atoms with van der Waals surface area (Å²) in [6.07, 6.45) is 5.14. The first-order valence-electron chi connectivity index (χ1n) is 9.31. The Morgan fingerprint density at radius 1 is 1.14 bits per heavy atom. The number of benzene rings is 1. The molecule has 0 bridgehead atoms. The zero-order chi connectivity index (χ0) is 20.2. The Kier molecular flexibility index (Phi) is 3.96. The van der Waals surface area contributed by atoms with Crippen LogP contribution < -0.4 is 5.56 Å².